The van der Waals surface area contributed by atoms with Crippen LogP contribution in [0.4, 0.5) is 5.82 Å². The normalized spacial score (nSPS) is 18.0. The Morgan fingerprint density at radius 1 is 1.47 bits per heavy atom. The number of aromatic nitrogens is 1. The largest absolute Gasteiger partial charge is 0.493 e. The Labute approximate surface area is 103 Å². The molecule has 94 valence electrons. The number of nitrogens with one attached hydrogen (secondary N) is 1. The molecule has 1 aliphatic rings. The molecule has 1 aliphatic heterocycles. The smallest absolute Gasteiger partial charge is 0.168 e. The van der Waals surface area contributed by atoms with E-state index in [0.717, 1.165) is 18.1 Å². The highest BCUT2D eigenvalue weighted by molar-refractivity contribution is 5.49. The molecular weight excluding hydrogens is 214 g/mol. The van der Waals surface area contributed by atoms with Crippen molar-refractivity contribution in [1.29, 1.82) is 0 Å². The van der Waals surface area contributed by atoms with Crippen LogP contribution in [0, 0.1) is 0 Å². The Hall–Kier alpha value is -1.29. The minimum absolute atomic E-state index is 0.546. The summed E-state index contributed by atoms with van der Waals surface area (Å²) in [6, 6.07) is 4.35. The quantitative estimate of drug-likeness (QED) is 0.847. The van der Waals surface area contributed by atoms with Crippen LogP contribution in [-0.2, 0) is 0 Å². The van der Waals surface area contributed by atoms with Crippen LogP contribution in [0.2, 0.25) is 0 Å². The Kier molecular flexibility index (Phi) is 4.20. The summed E-state index contributed by atoms with van der Waals surface area (Å²) >= 11 is 0. The molecule has 1 unspecified atom stereocenters. The van der Waals surface area contributed by atoms with Gasteiger partial charge in [-0.1, -0.05) is 0 Å². The first-order valence-electron chi connectivity index (χ1n) is 6.28. The Morgan fingerprint density at radius 2 is 2.24 bits per heavy atom. The molecule has 4 heteroatoms. The van der Waals surface area contributed by atoms with Gasteiger partial charge in [-0.25, -0.2) is 4.98 Å². The van der Waals surface area contributed by atoms with Crippen molar-refractivity contribution in [3.63, 3.8) is 0 Å². The van der Waals surface area contributed by atoms with E-state index in [2.05, 4.69) is 22.1 Å². The first kappa shape index (κ1) is 12.2. The van der Waals surface area contributed by atoms with Gasteiger partial charge in [-0.2, -0.15) is 0 Å². The number of nitrogens with zero attached hydrogens (tertiary/aromatic N) is 2. The lowest BCUT2D eigenvalue weighted by Crippen LogP contribution is -2.35. The topological polar surface area (TPSA) is 37.4 Å². The van der Waals surface area contributed by atoms with Gasteiger partial charge in [0.15, 0.2) is 11.6 Å². The summed E-state index contributed by atoms with van der Waals surface area (Å²) in [6.45, 7) is 5.62. The lowest BCUT2D eigenvalue weighted by molar-refractivity contribution is 0.269. The Balaban J connectivity index is 1.88. The van der Waals surface area contributed by atoms with Crippen LogP contribution in [0.1, 0.15) is 19.8 Å². The van der Waals surface area contributed by atoms with Gasteiger partial charge < -0.3 is 10.1 Å². The van der Waals surface area contributed by atoms with Crippen LogP contribution < -0.4 is 10.1 Å². The van der Waals surface area contributed by atoms with Gasteiger partial charge in [-0.05, 0) is 45.0 Å². The molecule has 2 rings (SSSR count). The molecule has 1 saturated heterocycles. The summed E-state index contributed by atoms with van der Waals surface area (Å²) in [6.07, 6.45) is 4.44. The predicted octanol–water partition coefficient (Wildman–Crippen LogP) is 1.99. The molecule has 0 saturated carbocycles. The third-order valence-corrected chi connectivity index (χ3v) is 3.32. The van der Waals surface area contributed by atoms with Gasteiger partial charge >= 0.3 is 0 Å². The molecule has 0 aromatic carbocycles. The van der Waals surface area contributed by atoms with E-state index in [1.807, 2.05) is 12.1 Å². The molecule has 4 nitrogen and oxygen atoms in total. The molecule has 0 spiro atoms. The van der Waals surface area contributed by atoms with Gasteiger partial charge in [0.2, 0.25) is 0 Å². The zero-order chi connectivity index (χ0) is 12.1. The molecule has 1 atom stereocenters. The monoisotopic (exact) mass is 235 g/mol. The van der Waals surface area contributed by atoms with Crippen molar-refractivity contribution in [2.45, 2.75) is 25.8 Å². The number of hydrogen-bond acceptors (Lipinski definition) is 4. The predicted molar refractivity (Wildman–Crippen MR) is 69.5 cm³/mol. The molecular formula is C13H21N3O. The van der Waals surface area contributed by atoms with E-state index in [1.54, 1.807) is 13.3 Å². The lowest BCUT2D eigenvalue weighted by atomic mass is 10.3. The van der Waals surface area contributed by atoms with Gasteiger partial charge in [-0.3, -0.25) is 4.90 Å². The third kappa shape index (κ3) is 3.09. The Bertz CT molecular complexity index is 350. The van der Waals surface area contributed by atoms with E-state index in [9.17, 15) is 0 Å². The highest BCUT2D eigenvalue weighted by Gasteiger charge is 2.18. The number of likely N-dealkylation sites (tertiary alicyclic amines) is 1. The molecule has 0 radical (unpaired) electrons. The van der Waals surface area contributed by atoms with Crippen molar-refractivity contribution in [3.8, 4) is 5.75 Å². The third-order valence-electron chi connectivity index (χ3n) is 3.32. The summed E-state index contributed by atoms with van der Waals surface area (Å²) in [5, 5.41) is 3.36. The summed E-state index contributed by atoms with van der Waals surface area (Å²) < 4.78 is 5.26. The van der Waals surface area contributed by atoms with E-state index < -0.39 is 0 Å². The molecule has 2 heterocycles. The van der Waals surface area contributed by atoms with Crippen LogP contribution >= 0.6 is 0 Å². The number of anilines is 1. The van der Waals surface area contributed by atoms with Crippen LogP contribution in [0.25, 0.3) is 0 Å². The molecule has 17 heavy (non-hydrogen) atoms. The zero-order valence-corrected chi connectivity index (χ0v) is 10.6. The summed E-state index contributed by atoms with van der Waals surface area (Å²) in [4.78, 5) is 6.81. The molecule has 0 bridgehead atoms. The van der Waals surface area contributed by atoms with E-state index in [1.165, 1.54) is 25.9 Å². The highest BCUT2D eigenvalue weighted by Crippen LogP contribution is 2.20. The second-order valence-electron chi connectivity index (χ2n) is 4.53. The van der Waals surface area contributed by atoms with Crippen LogP contribution in [0.3, 0.4) is 0 Å². The van der Waals surface area contributed by atoms with Gasteiger partial charge in [0.25, 0.3) is 0 Å². The van der Waals surface area contributed by atoms with Gasteiger partial charge in [-0.15, -0.1) is 0 Å². The van der Waals surface area contributed by atoms with Crippen molar-refractivity contribution in [2.75, 3.05) is 32.1 Å². The SMILES string of the molecule is COc1cccnc1NCC(C)N1CCCC1. The number of pyridine rings is 1. The van der Waals surface area contributed by atoms with Gasteiger partial charge in [0.1, 0.15) is 0 Å². The molecule has 0 amide bonds. The molecule has 1 aromatic rings. The molecule has 1 N–H and O–H groups in total. The average molecular weight is 235 g/mol. The maximum Gasteiger partial charge on any atom is 0.168 e. The molecule has 1 fully saturated rings. The first-order chi connectivity index (χ1) is 8.31. The summed E-state index contributed by atoms with van der Waals surface area (Å²) in [5.41, 5.74) is 0. The molecule has 1 aromatic heterocycles. The standard InChI is InChI=1S/C13H21N3O/c1-11(16-8-3-4-9-16)10-15-13-12(17-2)6-5-7-14-13/h5-7,11H,3-4,8-10H2,1-2H3,(H,14,15). The Morgan fingerprint density at radius 3 is 2.94 bits per heavy atom. The van der Waals surface area contributed by atoms with E-state index >= 15 is 0 Å². The van der Waals surface area contributed by atoms with Crippen molar-refractivity contribution >= 4 is 5.82 Å². The van der Waals surface area contributed by atoms with E-state index in [0.29, 0.717) is 6.04 Å². The van der Waals surface area contributed by atoms with Gasteiger partial charge in [0.05, 0.1) is 7.11 Å². The van der Waals surface area contributed by atoms with Crippen molar-refractivity contribution in [1.82, 2.24) is 9.88 Å². The summed E-state index contributed by atoms with van der Waals surface area (Å²) in [7, 11) is 1.67. The van der Waals surface area contributed by atoms with E-state index in [4.69, 9.17) is 4.74 Å². The van der Waals surface area contributed by atoms with Crippen molar-refractivity contribution < 1.29 is 4.74 Å². The number of ether oxygens (including phenoxy) is 1. The minimum atomic E-state index is 0.546. The van der Waals surface area contributed by atoms with E-state index in [-0.39, 0.29) is 0 Å². The summed E-state index contributed by atoms with van der Waals surface area (Å²) in [5.74, 6) is 1.64. The number of hydrogen-bond donors (Lipinski definition) is 1. The van der Waals surface area contributed by atoms with Crippen LogP contribution in [0.5, 0.6) is 5.75 Å². The fraction of sp³-hybridized carbons (Fsp3) is 0.615. The van der Waals surface area contributed by atoms with Crippen LogP contribution in [-0.4, -0.2) is 42.7 Å². The first-order valence-corrected chi connectivity index (χ1v) is 6.28. The fourth-order valence-corrected chi connectivity index (χ4v) is 2.24. The number of rotatable bonds is 5. The van der Waals surface area contributed by atoms with Gasteiger partial charge in [0, 0.05) is 18.8 Å². The highest BCUT2D eigenvalue weighted by atomic mass is 16.5. The second-order valence-corrected chi connectivity index (χ2v) is 4.53. The van der Waals surface area contributed by atoms with Crippen LogP contribution in [0.15, 0.2) is 18.3 Å². The maximum absolute atomic E-state index is 5.26. The maximum atomic E-state index is 5.26. The van der Waals surface area contributed by atoms with Crippen molar-refractivity contribution in [2.24, 2.45) is 0 Å². The number of methoxy groups -OCH3 is 1. The van der Waals surface area contributed by atoms with Crippen molar-refractivity contribution in [3.05, 3.63) is 18.3 Å². The molecule has 0 aliphatic carbocycles. The fourth-order valence-electron chi connectivity index (χ4n) is 2.24. The second kappa shape index (κ2) is 5.87. The average Bonchev–Trinajstić information content (AvgIpc) is 2.90. The minimum Gasteiger partial charge on any atom is -0.493 e. The lowest BCUT2D eigenvalue weighted by Gasteiger charge is -2.24. The zero-order valence-electron chi connectivity index (χ0n) is 10.6.